The summed E-state index contributed by atoms with van der Waals surface area (Å²) in [7, 11) is 1.37. The van der Waals surface area contributed by atoms with Gasteiger partial charge in [-0.15, -0.1) is 21.5 Å². The van der Waals surface area contributed by atoms with E-state index < -0.39 is 5.97 Å². The summed E-state index contributed by atoms with van der Waals surface area (Å²) in [6, 6.07) is 6.09. The minimum absolute atomic E-state index is 0.148. The van der Waals surface area contributed by atoms with Gasteiger partial charge < -0.3 is 19.4 Å². The van der Waals surface area contributed by atoms with E-state index in [2.05, 4.69) is 28.5 Å². The van der Waals surface area contributed by atoms with E-state index in [-0.39, 0.29) is 11.7 Å². The Bertz CT molecular complexity index is 1270. The number of carbonyl (C=O) groups excluding carboxylic acids is 2. The van der Waals surface area contributed by atoms with Gasteiger partial charge in [0.1, 0.15) is 17.4 Å². The van der Waals surface area contributed by atoms with Gasteiger partial charge in [-0.2, -0.15) is 0 Å². The maximum absolute atomic E-state index is 12.9. The quantitative estimate of drug-likeness (QED) is 0.301. The van der Waals surface area contributed by atoms with Crippen molar-refractivity contribution in [2.45, 2.75) is 65.3 Å². The average molecular weight is 529 g/mol. The van der Waals surface area contributed by atoms with Gasteiger partial charge in [-0.25, -0.2) is 4.79 Å². The molecule has 1 N–H and O–H groups in total. The third-order valence-corrected chi connectivity index (χ3v) is 8.43. The van der Waals surface area contributed by atoms with Crippen molar-refractivity contribution >= 4 is 40.0 Å². The Hall–Kier alpha value is -2.85. The second-order valence-corrected chi connectivity index (χ2v) is 11.1. The van der Waals surface area contributed by atoms with Gasteiger partial charge in [-0.05, 0) is 68.7 Å². The van der Waals surface area contributed by atoms with E-state index in [9.17, 15) is 9.59 Å². The summed E-state index contributed by atoms with van der Waals surface area (Å²) < 4.78 is 13.0. The van der Waals surface area contributed by atoms with Crippen LogP contribution in [0.1, 0.15) is 58.0 Å². The third kappa shape index (κ3) is 5.75. The second-order valence-electron chi connectivity index (χ2n) is 9.09. The van der Waals surface area contributed by atoms with Crippen LogP contribution in [0.25, 0.3) is 0 Å². The Morgan fingerprint density at radius 3 is 2.83 bits per heavy atom. The average Bonchev–Trinajstić information content (AvgIpc) is 3.42. The van der Waals surface area contributed by atoms with E-state index >= 15 is 0 Å². The zero-order chi connectivity index (χ0) is 25.8. The Morgan fingerprint density at radius 2 is 2.08 bits per heavy atom. The van der Waals surface area contributed by atoms with Crippen LogP contribution < -0.4 is 10.1 Å². The van der Waals surface area contributed by atoms with Gasteiger partial charge >= 0.3 is 5.97 Å². The zero-order valence-electron chi connectivity index (χ0n) is 21.3. The van der Waals surface area contributed by atoms with Crippen molar-refractivity contribution in [3.05, 3.63) is 51.2 Å². The van der Waals surface area contributed by atoms with Gasteiger partial charge in [0.2, 0.25) is 5.91 Å². The lowest BCUT2D eigenvalue weighted by Gasteiger charge is -2.18. The molecule has 2 heterocycles. The van der Waals surface area contributed by atoms with Gasteiger partial charge in [-0.1, -0.05) is 30.8 Å². The van der Waals surface area contributed by atoms with Crippen LogP contribution in [0.2, 0.25) is 0 Å². The van der Waals surface area contributed by atoms with Crippen LogP contribution in [0, 0.1) is 19.8 Å². The molecule has 1 atom stereocenters. The first-order valence-corrected chi connectivity index (χ1v) is 13.9. The van der Waals surface area contributed by atoms with Crippen molar-refractivity contribution in [1.29, 1.82) is 0 Å². The summed E-state index contributed by atoms with van der Waals surface area (Å²) in [5.74, 6) is 1.64. The second kappa shape index (κ2) is 11.5. The molecule has 1 aromatic carbocycles. The predicted octanol–water partition coefficient (Wildman–Crippen LogP) is 5.20. The number of benzene rings is 1. The fourth-order valence-electron chi connectivity index (χ4n) is 4.30. The van der Waals surface area contributed by atoms with E-state index in [0.29, 0.717) is 40.6 Å². The van der Waals surface area contributed by atoms with Crippen LogP contribution >= 0.6 is 23.1 Å². The van der Waals surface area contributed by atoms with Crippen LogP contribution in [-0.4, -0.2) is 39.5 Å². The van der Waals surface area contributed by atoms with Crippen LogP contribution in [0.15, 0.2) is 23.4 Å². The fourth-order valence-corrected chi connectivity index (χ4v) is 6.54. The first-order chi connectivity index (χ1) is 17.3. The molecule has 1 amide bonds. The summed E-state index contributed by atoms with van der Waals surface area (Å²) in [5.41, 5.74) is 3.72. The number of thiophene rings is 1. The number of aromatic nitrogens is 3. The highest BCUT2D eigenvalue weighted by Gasteiger charge is 2.29. The zero-order valence-corrected chi connectivity index (χ0v) is 23.0. The van der Waals surface area contributed by atoms with Crippen LogP contribution in [0.3, 0.4) is 0 Å². The molecule has 10 heteroatoms. The smallest absolute Gasteiger partial charge is 0.341 e. The molecular formula is C26H32N4O4S2. The van der Waals surface area contributed by atoms with E-state index in [1.807, 2.05) is 37.5 Å². The molecule has 36 heavy (non-hydrogen) atoms. The molecule has 0 saturated carbocycles. The number of fused-ring (bicyclic) bond motifs is 1. The molecule has 1 aliphatic rings. The number of ether oxygens (including phenoxy) is 2. The molecule has 3 aromatic rings. The fraction of sp³-hybridized carbons (Fsp3) is 0.462. The maximum atomic E-state index is 12.9. The van der Waals surface area contributed by atoms with Crippen molar-refractivity contribution in [3.8, 4) is 5.75 Å². The minimum Gasteiger partial charge on any atom is -0.485 e. The molecule has 0 saturated heterocycles. The van der Waals surface area contributed by atoms with E-state index in [4.69, 9.17) is 9.47 Å². The number of rotatable bonds is 9. The Balaban J connectivity index is 1.41. The van der Waals surface area contributed by atoms with Crippen molar-refractivity contribution in [3.63, 3.8) is 0 Å². The number of nitrogens with one attached hydrogen (secondary N) is 1. The summed E-state index contributed by atoms with van der Waals surface area (Å²) in [5, 5.41) is 12.7. The molecule has 0 radical (unpaired) electrons. The number of anilines is 1. The van der Waals surface area contributed by atoms with E-state index in [1.54, 1.807) is 0 Å². The molecule has 0 bridgehead atoms. The molecule has 192 valence electrons. The van der Waals surface area contributed by atoms with Crippen molar-refractivity contribution in [2.75, 3.05) is 18.2 Å². The number of nitrogens with zero attached hydrogens (tertiary/aromatic N) is 3. The number of carbonyl (C=O) groups is 2. The number of hydrogen-bond acceptors (Lipinski definition) is 8. The number of esters is 1. The standard InChI is InChI=1S/C26H32N4O4S2/c1-6-30-21(13-34-19-11-15(2)7-9-17(19)4)28-29-26(30)35-14-22(31)27-24-23(25(32)33-5)18-10-8-16(3)12-20(18)36-24/h7,9,11,16H,6,8,10,12-14H2,1-5H3,(H,27,31). The minimum atomic E-state index is -0.399. The normalized spacial score (nSPS) is 14.9. The van der Waals surface area contributed by atoms with Gasteiger partial charge in [-0.3, -0.25) is 4.79 Å². The molecule has 0 aliphatic heterocycles. The summed E-state index contributed by atoms with van der Waals surface area (Å²) in [6.45, 7) is 9.20. The van der Waals surface area contributed by atoms with Crippen LogP contribution in [-0.2, 0) is 35.5 Å². The maximum Gasteiger partial charge on any atom is 0.341 e. The lowest BCUT2D eigenvalue weighted by Crippen LogP contribution is -2.17. The monoisotopic (exact) mass is 528 g/mol. The van der Waals surface area contributed by atoms with Gasteiger partial charge in [0, 0.05) is 11.4 Å². The van der Waals surface area contributed by atoms with Gasteiger partial charge in [0.05, 0.1) is 18.4 Å². The molecule has 0 spiro atoms. The number of thioether (sulfide) groups is 1. The molecule has 8 nitrogen and oxygen atoms in total. The predicted molar refractivity (Wildman–Crippen MR) is 142 cm³/mol. The lowest BCUT2D eigenvalue weighted by molar-refractivity contribution is -0.113. The largest absolute Gasteiger partial charge is 0.485 e. The highest BCUT2D eigenvalue weighted by Crippen LogP contribution is 2.40. The number of amides is 1. The van der Waals surface area contributed by atoms with Crippen molar-refractivity contribution < 1.29 is 19.1 Å². The molecule has 0 fully saturated rings. The van der Waals surface area contributed by atoms with Crippen molar-refractivity contribution in [2.24, 2.45) is 5.92 Å². The summed E-state index contributed by atoms with van der Waals surface area (Å²) in [6.07, 6.45) is 2.77. The molecule has 1 unspecified atom stereocenters. The molecule has 2 aromatic heterocycles. The topological polar surface area (TPSA) is 95.3 Å². The van der Waals surface area contributed by atoms with E-state index in [0.717, 1.165) is 46.6 Å². The Morgan fingerprint density at radius 1 is 1.28 bits per heavy atom. The molecule has 1 aliphatic carbocycles. The van der Waals surface area contributed by atoms with E-state index in [1.165, 1.54) is 30.2 Å². The third-order valence-electron chi connectivity index (χ3n) is 6.30. The first-order valence-electron chi connectivity index (χ1n) is 12.1. The van der Waals surface area contributed by atoms with Crippen LogP contribution in [0.5, 0.6) is 5.75 Å². The number of methoxy groups -OCH3 is 1. The Labute approximate surface area is 219 Å². The highest BCUT2D eigenvalue weighted by molar-refractivity contribution is 7.99. The van der Waals surface area contributed by atoms with Gasteiger partial charge in [0.15, 0.2) is 11.0 Å². The lowest BCUT2D eigenvalue weighted by atomic mass is 9.88. The summed E-state index contributed by atoms with van der Waals surface area (Å²) >= 11 is 2.80. The van der Waals surface area contributed by atoms with Gasteiger partial charge in [0.25, 0.3) is 0 Å². The first kappa shape index (κ1) is 26.2. The molecular weight excluding hydrogens is 496 g/mol. The molecule has 4 rings (SSSR count). The van der Waals surface area contributed by atoms with Crippen LogP contribution in [0.4, 0.5) is 5.00 Å². The SMILES string of the molecule is CCn1c(COc2cc(C)ccc2C)nnc1SCC(=O)Nc1sc2c(c1C(=O)OC)CCC(C)C2. The Kier molecular flexibility index (Phi) is 8.35. The highest BCUT2D eigenvalue weighted by atomic mass is 32.2. The number of hydrogen-bond donors (Lipinski definition) is 1. The van der Waals surface area contributed by atoms with Crippen molar-refractivity contribution in [1.82, 2.24) is 14.8 Å². The summed E-state index contributed by atoms with van der Waals surface area (Å²) in [4.78, 5) is 26.5. The number of aryl methyl sites for hydroxylation is 2.